The summed E-state index contributed by atoms with van der Waals surface area (Å²) in [6.07, 6.45) is 1.09. The van der Waals surface area contributed by atoms with Crippen LogP contribution in [0.5, 0.6) is 0 Å². The Morgan fingerprint density at radius 1 is 1.00 bits per heavy atom. The van der Waals surface area contributed by atoms with Crippen LogP contribution in [-0.2, 0) is 23.8 Å². The predicted molar refractivity (Wildman–Crippen MR) is 153 cm³/mol. The van der Waals surface area contributed by atoms with Gasteiger partial charge in [0.25, 0.3) is 0 Å². The third-order valence-corrected chi connectivity index (χ3v) is 8.64. The molecule has 0 saturated carbocycles. The number of nitrogens with zero attached hydrogens (tertiary/aromatic N) is 1. The lowest BCUT2D eigenvalue weighted by atomic mass is 9.80. The van der Waals surface area contributed by atoms with Crippen molar-refractivity contribution in [2.45, 2.75) is 123 Å². The van der Waals surface area contributed by atoms with Crippen molar-refractivity contribution in [2.75, 3.05) is 14.1 Å². The average Bonchev–Trinajstić information content (AvgIpc) is 2.89. The summed E-state index contributed by atoms with van der Waals surface area (Å²) in [6, 6.07) is -0.620. The molecule has 0 unspecified atom stereocenters. The van der Waals surface area contributed by atoms with Gasteiger partial charge in [-0.2, -0.15) is 0 Å². The van der Waals surface area contributed by atoms with Gasteiger partial charge in [0.05, 0.1) is 36.9 Å². The van der Waals surface area contributed by atoms with Crippen molar-refractivity contribution >= 4 is 11.8 Å². The van der Waals surface area contributed by atoms with Gasteiger partial charge in [0, 0.05) is 17.8 Å². The zero-order valence-electron chi connectivity index (χ0n) is 25.8. The highest BCUT2D eigenvalue weighted by atomic mass is 16.7. The first-order valence-electron chi connectivity index (χ1n) is 14.8. The third kappa shape index (κ3) is 8.94. The number of ketones is 1. The van der Waals surface area contributed by atoms with E-state index in [-0.39, 0.29) is 36.1 Å². The molecule has 3 N–H and O–H groups in total. The Morgan fingerprint density at radius 2 is 1.65 bits per heavy atom. The minimum absolute atomic E-state index is 0.00487. The molecule has 12 atom stereocenters. The monoisotopic (exact) mass is 567 g/mol. The Bertz CT molecular complexity index is 889. The van der Waals surface area contributed by atoms with Gasteiger partial charge in [-0.1, -0.05) is 58.8 Å². The second-order valence-corrected chi connectivity index (χ2v) is 12.1. The van der Waals surface area contributed by atoms with Crippen LogP contribution < -0.4 is 0 Å². The maximum atomic E-state index is 13.1. The molecule has 2 rings (SSSR count). The molecule has 0 aromatic rings. The summed E-state index contributed by atoms with van der Waals surface area (Å²) < 4.78 is 18.2. The maximum Gasteiger partial charge on any atom is 0.308 e. The van der Waals surface area contributed by atoms with Crippen molar-refractivity contribution in [2.24, 2.45) is 23.7 Å². The van der Waals surface area contributed by atoms with Gasteiger partial charge >= 0.3 is 5.97 Å². The Morgan fingerprint density at radius 3 is 2.23 bits per heavy atom. The van der Waals surface area contributed by atoms with Crippen molar-refractivity contribution in [1.29, 1.82) is 0 Å². The second-order valence-electron chi connectivity index (χ2n) is 12.1. The number of esters is 1. The van der Waals surface area contributed by atoms with Gasteiger partial charge in [-0.3, -0.25) is 9.59 Å². The lowest BCUT2D eigenvalue weighted by Gasteiger charge is -2.46. The molecule has 230 valence electrons. The highest BCUT2D eigenvalue weighted by molar-refractivity contribution is 5.91. The molecule has 9 nitrogen and oxygen atoms in total. The number of ether oxygens (including phenoxy) is 3. The second kappa shape index (κ2) is 15.6. The third-order valence-electron chi connectivity index (χ3n) is 8.64. The van der Waals surface area contributed by atoms with Crippen LogP contribution in [0, 0.1) is 23.7 Å². The molecule has 2 aliphatic heterocycles. The van der Waals surface area contributed by atoms with E-state index >= 15 is 0 Å². The molecular formula is C31H53NO8. The number of hydrogen-bond donors (Lipinski definition) is 3. The summed E-state index contributed by atoms with van der Waals surface area (Å²) >= 11 is 0. The molecular weight excluding hydrogens is 514 g/mol. The Kier molecular flexibility index (Phi) is 13.5. The number of aliphatic hydroxyl groups is 3. The van der Waals surface area contributed by atoms with E-state index in [1.807, 2.05) is 47.6 Å². The fourth-order valence-electron chi connectivity index (χ4n) is 5.97. The van der Waals surface area contributed by atoms with Crippen LogP contribution in [0.15, 0.2) is 23.8 Å². The van der Waals surface area contributed by atoms with E-state index in [9.17, 15) is 24.9 Å². The van der Waals surface area contributed by atoms with Gasteiger partial charge in [-0.05, 0) is 52.8 Å². The van der Waals surface area contributed by atoms with Crippen LogP contribution in [0.25, 0.3) is 0 Å². The molecule has 0 aromatic carbocycles. The van der Waals surface area contributed by atoms with Crippen LogP contribution in [0.3, 0.4) is 0 Å². The van der Waals surface area contributed by atoms with E-state index in [4.69, 9.17) is 14.2 Å². The van der Waals surface area contributed by atoms with Gasteiger partial charge in [-0.15, -0.1) is 0 Å². The van der Waals surface area contributed by atoms with Gasteiger partial charge in [-0.25, -0.2) is 0 Å². The molecule has 2 heterocycles. The lowest BCUT2D eigenvalue weighted by Crippen LogP contribution is -2.63. The van der Waals surface area contributed by atoms with Crippen molar-refractivity contribution in [3.05, 3.63) is 23.8 Å². The van der Waals surface area contributed by atoms with Crippen molar-refractivity contribution in [3.63, 3.8) is 0 Å². The molecule has 40 heavy (non-hydrogen) atoms. The molecule has 2 aliphatic rings. The first kappa shape index (κ1) is 34.6. The van der Waals surface area contributed by atoms with Gasteiger partial charge < -0.3 is 34.4 Å². The number of carbonyl (C=O) groups excluding carboxylic acids is 2. The van der Waals surface area contributed by atoms with Crippen LogP contribution in [0.4, 0.5) is 0 Å². The van der Waals surface area contributed by atoms with Crippen molar-refractivity contribution in [3.8, 4) is 0 Å². The number of cyclic esters (lactones) is 1. The fraction of sp³-hybridized carbons (Fsp3) is 0.806. The van der Waals surface area contributed by atoms with Gasteiger partial charge in [0.2, 0.25) is 0 Å². The van der Waals surface area contributed by atoms with Crippen molar-refractivity contribution in [1.82, 2.24) is 4.90 Å². The van der Waals surface area contributed by atoms with Gasteiger partial charge in [0.15, 0.2) is 12.1 Å². The summed E-state index contributed by atoms with van der Waals surface area (Å²) in [6.45, 7) is 13.2. The predicted octanol–water partition coefficient (Wildman–Crippen LogP) is 3.25. The molecule has 0 aliphatic carbocycles. The molecule has 0 radical (unpaired) electrons. The number of rotatable bonds is 5. The normalized spacial score (nSPS) is 43.2. The quantitative estimate of drug-likeness (QED) is 0.429. The summed E-state index contributed by atoms with van der Waals surface area (Å²) in [7, 11) is 3.54. The Labute approximate surface area is 240 Å². The van der Waals surface area contributed by atoms with Crippen LogP contribution >= 0.6 is 0 Å². The summed E-state index contributed by atoms with van der Waals surface area (Å²) in [5.41, 5.74) is 0.909. The smallest absolute Gasteiger partial charge is 0.308 e. The topological polar surface area (TPSA) is 126 Å². The zero-order chi connectivity index (χ0) is 30.3. The zero-order valence-corrected chi connectivity index (χ0v) is 25.8. The summed E-state index contributed by atoms with van der Waals surface area (Å²) in [5.74, 6) is -1.60. The molecule has 1 saturated heterocycles. The van der Waals surface area contributed by atoms with E-state index in [2.05, 4.69) is 0 Å². The molecule has 9 heteroatoms. The Hall–Kier alpha value is -1.62. The SMILES string of the molecule is CC[C@H]1C[C@@H](C)C(=O)/C=C/C(C)=C/[C@H](C)[C@H](CC)OC(=O)C[C@@H](O)[C@H](C)[C@H]1O[C@@H]1O[C@H](C)[C@@H](O)[C@H](N(C)C)[C@H]1O. The number of aliphatic hydroxyl groups excluding tert-OH is 3. The summed E-state index contributed by atoms with van der Waals surface area (Å²) in [4.78, 5) is 27.7. The minimum Gasteiger partial charge on any atom is -0.462 e. The molecule has 0 bridgehead atoms. The molecule has 0 aromatic heterocycles. The minimum atomic E-state index is -1.16. The average molecular weight is 568 g/mol. The number of allylic oxidation sites excluding steroid dienone is 3. The number of carbonyl (C=O) groups is 2. The van der Waals surface area contributed by atoms with E-state index in [0.29, 0.717) is 19.3 Å². The van der Waals surface area contributed by atoms with Crippen LogP contribution in [0.1, 0.15) is 74.1 Å². The van der Waals surface area contributed by atoms with Crippen LogP contribution in [0.2, 0.25) is 0 Å². The highest BCUT2D eigenvalue weighted by Gasteiger charge is 2.47. The molecule has 1 fully saturated rings. The van der Waals surface area contributed by atoms with E-state index in [1.165, 1.54) is 0 Å². The first-order chi connectivity index (χ1) is 18.7. The number of hydrogen-bond acceptors (Lipinski definition) is 9. The highest BCUT2D eigenvalue weighted by Crippen LogP contribution is 2.34. The molecule has 0 spiro atoms. The maximum absolute atomic E-state index is 13.1. The Balaban J connectivity index is 2.45. The van der Waals surface area contributed by atoms with E-state index in [1.54, 1.807) is 38.1 Å². The van der Waals surface area contributed by atoms with E-state index < -0.39 is 54.7 Å². The fourth-order valence-corrected chi connectivity index (χ4v) is 5.97. The number of likely N-dealkylation sites (N-methyl/N-ethyl adjacent to an activating group) is 1. The lowest BCUT2D eigenvalue weighted by molar-refractivity contribution is -0.304. The largest absolute Gasteiger partial charge is 0.462 e. The van der Waals surface area contributed by atoms with E-state index in [0.717, 1.165) is 5.57 Å². The standard InChI is InChI=1S/C31H53NO8/c1-10-22-15-18(4)23(33)13-12-17(3)14-19(5)25(11-2)39-26(35)16-24(34)20(6)30(22)40-31-29(37)27(32(8)9)28(36)21(7)38-31/h12-14,18-22,24-25,27-31,34,36-37H,10-11,15-16H2,1-9H3/b13-12+,17-14+/t18-,19+,20+,21-,22+,24-,25+,27+,28-,29-,30-,31+/m1/s1. The molecule has 0 amide bonds. The summed E-state index contributed by atoms with van der Waals surface area (Å²) in [5, 5.41) is 33.0. The van der Waals surface area contributed by atoms with Crippen molar-refractivity contribution < 1.29 is 39.1 Å². The first-order valence-corrected chi connectivity index (χ1v) is 14.8. The van der Waals surface area contributed by atoms with Crippen LogP contribution in [-0.4, -0.2) is 95.0 Å². The van der Waals surface area contributed by atoms with Gasteiger partial charge in [0.1, 0.15) is 12.2 Å².